The molecule has 0 saturated carbocycles. The van der Waals surface area contributed by atoms with Crippen molar-refractivity contribution in [1.29, 1.82) is 0 Å². The van der Waals surface area contributed by atoms with Gasteiger partial charge in [-0.05, 0) is 11.6 Å². The van der Waals surface area contributed by atoms with Gasteiger partial charge in [0.25, 0.3) is 0 Å². The molecule has 0 radical (unpaired) electrons. The van der Waals surface area contributed by atoms with Crippen LogP contribution in [-0.2, 0) is 0 Å². The van der Waals surface area contributed by atoms with Crippen molar-refractivity contribution in [3.8, 4) is 0 Å². The molecule has 0 fully saturated rings. The molecule has 0 heterocycles. The maximum absolute atomic E-state index is 2.16. The Morgan fingerprint density at radius 2 is 1.58 bits per heavy atom. The largest absolute Gasteiger partial charge is 0.305 e. The summed E-state index contributed by atoms with van der Waals surface area (Å²) in [6.07, 6.45) is 4.30. The average molecular weight is 162 g/mol. The van der Waals surface area contributed by atoms with Crippen LogP contribution in [0, 0.1) is 0 Å². The molecule has 1 aromatic carbocycles. The maximum Gasteiger partial charge on any atom is 0.0958 e. The summed E-state index contributed by atoms with van der Waals surface area (Å²) in [5.41, 5.74) is 1.26. The van der Waals surface area contributed by atoms with Crippen LogP contribution < -0.4 is 0 Å². The third-order valence-corrected chi connectivity index (χ3v) is 1.51. The zero-order valence-corrected chi connectivity index (χ0v) is 7.99. The highest BCUT2D eigenvalue weighted by Gasteiger charge is 1.98. The van der Waals surface area contributed by atoms with Gasteiger partial charge in [-0.3, -0.25) is 0 Å². The maximum atomic E-state index is 2.16. The van der Waals surface area contributed by atoms with Crippen LogP contribution in [0.1, 0.15) is 5.56 Å². The van der Waals surface area contributed by atoms with E-state index in [-0.39, 0.29) is 0 Å². The fourth-order valence-corrected chi connectivity index (χ4v) is 0.874. The van der Waals surface area contributed by atoms with Gasteiger partial charge in [0.2, 0.25) is 0 Å². The topological polar surface area (TPSA) is 0 Å². The molecule has 0 bridgehead atoms. The Kier molecular flexibility index (Phi) is 2.66. The van der Waals surface area contributed by atoms with E-state index in [1.54, 1.807) is 0 Å². The number of quaternary nitrogens is 1. The number of hydrogen-bond acceptors (Lipinski definition) is 0. The van der Waals surface area contributed by atoms with Crippen molar-refractivity contribution in [2.75, 3.05) is 21.1 Å². The van der Waals surface area contributed by atoms with E-state index in [9.17, 15) is 0 Å². The molecule has 0 aliphatic heterocycles. The van der Waals surface area contributed by atoms with Crippen LogP contribution in [0.2, 0.25) is 0 Å². The molecule has 0 atom stereocenters. The summed E-state index contributed by atoms with van der Waals surface area (Å²) in [7, 11) is 6.41. The number of hydrogen-bond donors (Lipinski definition) is 0. The van der Waals surface area contributed by atoms with Crippen molar-refractivity contribution < 1.29 is 4.48 Å². The number of benzene rings is 1. The summed E-state index contributed by atoms with van der Waals surface area (Å²) in [4.78, 5) is 0. The van der Waals surface area contributed by atoms with Gasteiger partial charge in [-0.2, -0.15) is 0 Å². The molecule has 1 rings (SSSR count). The van der Waals surface area contributed by atoms with Crippen LogP contribution in [0.3, 0.4) is 0 Å². The second-order valence-corrected chi connectivity index (χ2v) is 3.84. The minimum atomic E-state index is 0.856. The van der Waals surface area contributed by atoms with Crippen molar-refractivity contribution in [2.45, 2.75) is 0 Å². The zero-order valence-electron chi connectivity index (χ0n) is 7.99. The van der Waals surface area contributed by atoms with E-state index in [0.717, 1.165) is 4.48 Å². The van der Waals surface area contributed by atoms with Crippen molar-refractivity contribution in [1.82, 2.24) is 0 Å². The Labute approximate surface area is 74.5 Å². The van der Waals surface area contributed by atoms with E-state index in [1.165, 1.54) is 5.56 Å². The van der Waals surface area contributed by atoms with Crippen LogP contribution in [0.15, 0.2) is 36.5 Å². The third-order valence-electron chi connectivity index (χ3n) is 1.51. The first-order valence-electron chi connectivity index (χ1n) is 4.13. The Bertz CT molecular complexity index is 254. The van der Waals surface area contributed by atoms with Crippen molar-refractivity contribution in [2.24, 2.45) is 0 Å². The highest BCUT2D eigenvalue weighted by atomic mass is 15.3. The Hall–Kier alpha value is -1.08. The lowest BCUT2D eigenvalue weighted by molar-refractivity contribution is -0.816. The molecule has 0 saturated heterocycles. The monoisotopic (exact) mass is 162 g/mol. The van der Waals surface area contributed by atoms with Crippen LogP contribution in [0.5, 0.6) is 0 Å². The van der Waals surface area contributed by atoms with Crippen molar-refractivity contribution in [3.63, 3.8) is 0 Å². The fourth-order valence-electron chi connectivity index (χ4n) is 0.874. The standard InChI is InChI=1S/C11H16N/c1-12(2,3)10-9-11-7-5-4-6-8-11/h4-10H,1-3H3/q+1. The minimum absolute atomic E-state index is 0.856. The van der Waals surface area contributed by atoms with Gasteiger partial charge in [-0.1, -0.05) is 30.3 Å². The highest BCUT2D eigenvalue weighted by molar-refractivity contribution is 5.47. The summed E-state index contributed by atoms with van der Waals surface area (Å²) in [5.74, 6) is 0. The number of rotatable bonds is 2. The summed E-state index contributed by atoms with van der Waals surface area (Å²) >= 11 is 0. The summed E-state index contributed by atoms with van der Waals surface area (Å²) in [6.45, 7) is 0. The van der Waals surface area contributed by atoms with E-state index in [1.807, 2.05) is 6.07 Å². The van der Waals surface area contributed by atoms with Crippen LogP contribution >= 0.6 is 0 Å². The van der Waals surface area contributed by atoms with Gasteiger partial charge in [0, 0.05) is 0 Å². The SMILES string of the molecule is C[N+](C)(C)C=Cc1ccccc1. The first-order valence-corrected chi connectivity index (χ1v) is 4.13. The predicted molar refractivity (Wildman–Crippen MR) is 53.5 cm³/mol. The normalized spacial score (nSPS) is 12.2. The predicted octanol–water partition coefficient (Wildman–Crippen LogP) is 2.36. The summed E-state index contributed by atoms with van der Waals surface area (Å²) in [5, 5.41) is 0. The van der Waals surface area contributed by atoms with E-state index in [2.05, 4.69) is 57.7 Å². The van der Waals surface area contributed by atoms with Gasteiger partial charge >= 0.3 is 0 Å². The van der Waals surface area contributed by atoms with E-state index >= 15 is 0 Å². The van der Waals surface area contributed by atoms with Gasteiger partial charge in [0.15, 0.2) is 0 Å². The quantitative estimate of drug-likeness (QED) is 0.586. The molecule has 1 nitrogen and oxygen atoms in total. The third kappa shape index (κ3) is 3.35. The summed E-state index contributed by atoms with van der Waals surface area (Å²) in [6, 6.07) is 10.3. The van der Waals surface area contributed by atoms with Crippen molar-refractivity contribution >= 4 is 6.08 Å². The van der Waals surface area contributed by atoms with E-state index in [0.29, 0.717) is 0 Å². The molecule has 0 amide bonds. The smallest absolute Gasteiger partial charge is 0.0958 e. The van der Waals surface area contributed by atoms with Gasteiger partial charge in [-0.25, -0.2) is 0 Å². The molecule has 0 unspecified atom stereocenters. The Balaban J connectivity index is 2.71. The lowest BCUT2D eigenvalue weighted by Crippen LogP contribution is -2.26. The lowest BCUT2D eigenvalue weighted by Gasteiger charge is -2.17. The summed E-state index contributed by atoms with van der Waals surface area (Å²) < 4.78 is 0.856. The lowest BCUT2D eigenvalue weighted by atomic mass is 10.2. The first-order chi connectivity index (χ1) is 5.58. The molecule has 0 aromatic heterocycles. The van der Waals surface area contributed by atoms with E-state index < -0.39 is 0 Å². The highest BCUT2D eigenvalue weighted by Crippen LogP contribution is 2.03. The Morgan fingerprint density at radius 1 is 1.00 bits per heavy atom. The van der Waals surface area contributed by atoms with Crippen molar-refractivity contribution in [3.05, 3.63) is 42.1 Å². The molecule has 1 aromatic rings. The molecule has 0 spiro atoms. The van der Waals surface area contributed by atoms with Gasteiger partial charge in [-0.15, -0.1) is 0 Å². The molecule has 0 aliphatic rings. The molecule has 1 heteroatoms. The van der Waals surface area contributed by atoms with Crippen LogP contribution in [-0.4, -0.2) is 25.6 Å². The number of nitrogens with zero attached hydrogens (tertiary/aromatic N) is 1. The van der Waals surface area contributed by atoms with Gasteiger partial charge < -0.3 is 4.48 Å². The molecule has 0 aliphatic carbocycles. The molecular formula is C11H16N+. The second kappa shape index (κ2) is 3.55. The second-order valence-electron chi connectivity index (χ2n) is 3.84. The minimum Gasteiger partial charge on any atom is -0.305 e. The zero-order chi connectivity index (χ0) is 9.03. The first kappa shape index (κ1) is 9.01. The molecular weight excluding hydrogens is 146 g/mol. The Morgan fingerprint density at radius 3 is 2.08 bits per heavy atom. The fraction of sp³-hybridized carbons (Fsp3) is 0.273. The van der Waals surface area contributed by atoms with Crippen LogP contribution in [0.25, 0.3) is 6.08 Å². The van der Waals surface area contributed by atoms with Crippen LogP contribution in [0.4, 0.5) is 0 Å². The van der Waals surface area contributed by atoms with E-state index in [4.69, 9.17) is 0 Å². The molecule has 0 N–H and O–H groups in total. The molecule has 64 valence electrons. The van der Waals surface area contributed by atoms with Gasteiger partial charge in [0.1, 0.15) is 0 Å². The van der Waals surface area contributed by atoms with Gasteiger partial charge in [0.05, 0.1) is 27.3 Å². The average Bonchev–Trinajstić information content (AvgIpc) is 2.02. The molecule has 12 heavy (non-hydrogen) atoms.